The van der Waals surface area contributed by atoms with E-state index in [-0.39, 0.29) is 55.4 Å². The highest BCUT2D eigenvalue weighted by atomic mass is 32.2. The fourth-order valence-electron chi connectivity index (χ4n) is 4.85. The summed E-state index contributed by atoms with van der Waals surface area (Å²) in [6, 6.07) is 14.2. The number of ketones is 1. The fraction of sp³-hybridized carbons (Fsp3) is 0.500. The predicted octanol–water partition coefficient (Wildman–Crippen LogP) is 2.12. The number of rotatable bonds is 13. The van der Waals surface area contributed by atoms with Crippen molar-refractivity contribution in [3.05, 3.63) is 60.2 Å². The number of aliphatic hydroxyl groups excluding tert-OH is 1. The SMILES string of the molecule is COc1ccc(S(=O)(=O)N(CCC(C)=O)CC(O)C(Cc2ccccc2)NC(=O)OC2COC3OCCC23)cc1. The van der Waals surface area contributed by atoms with Crippen molar-refractivity contribution < 1.29 is 42.1 Å². The third-order valence-electron chi connectivity index (χ3n) is 7.11. The Kier molecular flexibility index (Phi) is 10.1. The second-order valence-electron chi connectivity index (χ2n) is 9.97. The summed E-state index contributed by atoms with van der Waals surface area (Å²) in [7, 11) is -2.61. The number of hydrogen-bond acceptors (Lipinski definition) is 9. The normalized spacial score (nSPS) is 21.9. The van der Waals surface area contributed by atoms with Crippen LogP contribution in [0.5, 0.6) is 5.75 Å². The molecule has 218 valence electrons. The van der Waals surface area contributed by atoms with Crippen molar-refractivity contribution in [3.63, 3.8) is 0 Å². The van der Waals surface area contributed by atoms with E-state index in [2.05, 4.69) is 5.32 Å². The van der Waals surface area contributed by atoms with Crippen LogP contribution in [-0.2, 0) is 35.4 Å². The molecule has 0 spiro atoms. The van der Waals surface area contributed by atoms with Crippen molar-refractivity contribution >= 4 is 21.9 Å². The minimum absolute atomic E-state index is 0.00870. The lowest BCUT2D eigenvalue weighted by Gasteiger charge is -2.30. The highest BCUT2D eigenvalue weighted by Crippen LogP contribution is 2.33. The van der Waals surface area contributed by atoms with Gasteiger partial charge in [0.2, 0.25) is 10.0 Å². The second-order valence-corrected chi connectivity index (χ2v) is 11.9. The van der Waals surface area contributed by atoms with Crippen LogP contribution in [0, 0.1) is 5.92 Å². The molecule has 2 aromatic rings. The van der Waals surface area contributed by atoms with Crippen LogP contribution in [0.3, 0.4) is 0 Å². The van der Waals surface area contributed by atoms with E-state index in [9.17, 15) is 23.1 Å². The summed E-state index contributed by atoms with van der Waals surface area (Å²) in [5.41, 5.74) is 0.827. The average molecular weight is 577 g/mol. The second kappa shape index (κ2) is 13.6. The monoisotopic (exact) mass is 576 g/mol. The number of sulfonamides is 1. The Bertz CT molecular complexity index is 1240. The molecule has 2 aliphatic rings. The van der Waals surface area contributed by atoms with E-state index in [1.807, 2.05) is 30.3 Å². The molecule has 2 saturated heterocycles. The minimum atomic E-state index is -4.09. The van der Waals surface area contributed by atoms with Crippen LogP contribution in [0.1, 0.15) is 25.3 Å². The van der Waals surface area contributed by atoms with E-state index in [4.69, 9.17) is 18.9 Å². The number of fused-ring (bicyclic) bond motifs is 1. The fourth-order valence-corrected chi connectivity index (χ4v) is 6.30. The molecule has 2 aliphatic heterocycles. The molecule has 0 aliphatic carbocycles. The Morgan fingerprint density at radius 1 is 1.12 bits per heavy atom. The number of alkyl carbamates (subject to hydrolysis) is 1. The van der Waals surface area contributed by atoms with Gasteiger partial charge in [0.05, 0.1) is 43.3 Å². The molecule has 0 aromatic heterocycles. The van der Waals surface area contributed by atoms with Crippen LogP contribution in [0.2, 0.25) is 0 Å². The highest BCUT2D eigenvalue weighted by Gasteiger charge is 2.44. The predicted molar refractivity (Wildman–Crippen MR) is 144 cm³/mol. The first-order chi connectivity index (χ1) is 19.2. The topological polar surface area (TPSA) is 141 Å². The molecule has 0 radical (unpaired) electrons. The van der Waals surface area contributed by atoms with E-state index >= 15 is 0 Å². The number of carbonyl (C=O) groups excluding carboxylic acids is 2. The third-order valence-corrected chi connectivity index (χ3v) is 8.99. The smallest absolute Gasteiger partial charge is 0.407 e. The molecule has 2 fully saturated rings. The molecule has 4 rings (SSSR count). The Morgan fingerprint density at radius 3 is 2.52 bits per heavy atom. The van der Waals surface area contributed by atoms with Gasteiger partial charge in [-0.1, -0.05) is 30.3 Å². The number of amides is 1. The van der Waals surface area contributed by atoms with Crippen molar-refractivity contribution in [2.75, 3.05) is 33.4 Å². The Morgan fingerprint density at radius 2 is 1.85 bits per heavy atom. The summed E-state index contributed by atoms with van der Waals surface area (Å²) < 4.78 is 49.9. The molecule has 12 heteroatoms. The quantitative estimate of drug-likeness (QED) is 0.367. The van der Waals surface area contributed by atoms with Gasteiger partial charge in [-0.15, -0.1) is 0 Å². The molecule has 2 N–H and O–H groups in total. The summed E-state index contributed by atoms with van der Waals surface area (Å²) in [6.45, 7) is 1.63. The van der Waals surface area contributed by atoms with Gasteiger partial charge in [0.25, 0.3) is 0 Å². The van der Waals surface area contributed by atoms with Crippen LogP contribution in [0.25, 0.3) is 0 Å². The number of nitrogens with zero attached hydrogens (tertiary/aromatic N) is 1. The zero-order valence-electron chi connectivity index (χ0n) is 22.6. The molecular weight excluding hydrogens is 540 g/mol. The molecule has 0 bridgehead atoms. The van der Waals surface area contributed by atoms with E-state index in [0.717, 1.165) is 9.87 Å². The van der Waals surface area contributed by atoms with Crippen molar-refractivity contribution in [2.45, 2.75) is 55.6 Å². The van der Waals surface area contributed by atoms with Gasteiger partial charge in [0.1, 0.15) is 17.6 Å². The van der Waals surface area contributed by atoms with Crippen molar-refractivity contribution in [3.8, 4) is 5.75 Å². The van der Waals surface area contributed by atoms with Gasteiger partial charge in [-0.3, -0.25) is 4.79 Å². The maximum atomic E-state index is 13.5. The summed E-state index contributed by atoms with van der Waals surface area (Å²) in [5.74, 6) is 0.239. The molecule has 11 nitrogen and oxygen atoms in total. The molecule has 2 aromatic carbocycles. The van der Waals surface area contributed by atoms with Gasteiger partial charge >= 0.3 is 6.09 Å². The first-order valence-corrected chi connectivity index (χ1v) is 14.7. The van der Waals surface area contributed by atoms with Crippen molar-refractivity contribution in [2.24, 2.45) is 5.92 Å². The summed E-state index contributed by atoms with van der Waals surface area (Å²) >= 11 is 0. The Balaban J connectivity index is 1.51. The number of hydrogen-bond donors (Lipinski definition) is 2. The molecule has 40 heavy (non-hydrogen) atoms. The van der Waals surface area contributed by atoms with Gasteiger partial charge in [-0.25, -0.2) is 13.2 Å². The molecule has 0 saturated carbocycles. The van der Waals surface area contributed by atoms with E-state index in [0.29, 0.717) is 18.8 Å². The molecule has 5 atom stereocenters. The lowest BCUT2D eigenvalue weighted by molar-refractivity contribution is -0.117. The summed E-state index contributed by atoms with van der Waals surface area (Å²) in [4.78, 5) is 24.7. The number of carbonyl (C=O) groups is 2. The van der Waals surface area contributed by atoms with Crippen LogP contribution in [-0.4, -0.2) is 87.7 Å². The number of ether oxygens (including phenoxy) is 4. The summed E-state index contributed by atoms with van der Waals surface area (Å²) in [5, 5.41) is 14.1. The Hall–Kier alpha value is -3.03. The minimum Gasteiger partial charge on any atom is -0.497 e. The van der Waals surface area contributed by atoms with E-state index in [1.54, 1.807) is 0 Å². The third kappa shape index (κ3) is 7.58. The average Bonchev–Trinajstić information content (AvgIpc) is 3.56. The van der Waals surface area contributed by atoms with Gasteiger partial charge in [-0.05, 0) is 49.6 Å². The van der Waals surface area contributed by atoms with Gasteiger partial charge < -0.3 is 29.4 Å². The molecule has 5 unspecified atom stereocenters. The van der Waals surface area contributed by atoms with Crippen LogP contribution in [0.4, 0.5) is 4.79 Å². The summed E-state index contributed by atoms with van der Waals surface area (Å²) in [6.07, 6.45) is -2.04. The standard InChI is InChI=1S/C28H36N2O9S/c1-19(31)12-14-30(40(34,35)22-10-8-21(36-2)9-11-22)17-25(32)24(16-20-6-4-3-5-7-20)29-28(33)39-26-18-38-27-23(26)13-15-37-27/h3-11,23-27,32H,12-18H2,1-2H3,(H,29,33). The lowest BCUT2D eigenvalue weighted by atomic mass is 10.0. The number of methoxy groups -OCH3 is 1. The van der Waals surface area contributed by atoms with E-state index < -0.39 is 34.4 Å². The molecular formula is C28H36N2O9S. The lowest BCUT2D eigenvalue weighted by Crippen LogP contribution is -2.51. The van der Waals surface area contributed by atoms with Crippen LogP contribution >= 0.6 is 0 Å². The number of nitrogens with one attached hydrogen (secondary N) is 1. The van der Waals surface area contributed by atoms with Crippen molar-refractivity contribution in [1.29, 1.82) is 0 Å². The molecule has 2 heterocycles. The zero-order valence-corrected chi connectivity index (χ0v) is 23.4. The van der Waals surface area contributed by atoms with Gasteiger partial charge in [0.15, 0.2) is 6.29 Å². The van der Waals surface area contributed by atoms with Crippen LogP contribution in [0.15, 0.2) is 59.5 Å². The highest BCUT2D eigenvalue weighted by molar-refractivity contribution is 7.89. The molecule has 1 amide bonds. The van der Waals surface area contributed by atoms with Gasteiger partial charge in [0, 0.05) is 19.5 Å². The Labute approximate surface area is 234 Å². The number of benzene rings is 2. The van der Waals surface area contributed by atoms with Crippen LogP contribution < -0.4 is 10.1 Å². The van der Waals surface area contributed by atoms with Gasteiger partial charge in [-0.2, -0.15) is 4.31 Å². The number of aliphatic hydroxyl groups is 1. The maximum Gasteiger partial charge on any atom is 0.407 e. The van der Waals surface area contributed by atoms with E-state index in [1.165, 1.54) is 38.3 Å². The maximum absolute atomic E-state index is 13.5. The first-order valence-electron chi connectivity index (χ1n) is 13.2. The zero-order chi connectivity index (χ0) is 28.7. The number of Topliss-reactive ketones (excluding diaryl/α,β-unsaturated/α-hetero) is 1. The van der Waals surface area contributed by atoms with Crippen molar-refractivity contribution in [1.82, 2.24) is 9.62 Å². The largest absolute Gasteiger partial charge is 0.497 e. The first kappa shape index (κ1) is 29.9.